The monoisotopic (exact) mass is 753 g/mol. The molecule has 0 bridgehead atoms. The molecule has 0 fully saturated rings. The molecule has 3 aromatic carbocycles. The van der Waals surface area contributed by atoms with E-state index in [1.807, 2.05) is 47.6 Å². The van der Waals surface area contributed by atoms with Gasteiger partial charge in [-0.1, -0.05) is 52.3 Å². The van der Waals surface area contributed by atoms with Gasteiger partial charge in [0.15, 0.2) is 0 Å². The predicted octanol–water partition coefficient (Wildman–Crippen LogP) is 8.71. The topological polar surface area (TPSA) is 155 Å². The molecule has 13 heteroatoms. The molecule has 3 heterocycles. The molecular formula is C42H55N7O6. The van der Waals surface area contributed by atoms with Crippen molar-refractivity contribution in [2.45, 2.75) is 106 Å². The van der Waals surface area contributed by atoms with E-state index in [0.29, 0.717) is 31.3 Å². The van der Waals surface area contributed by atoms with E-state index in [2.05, 4.69) is 75.3 Å². The van der Waals surface area contributed by atoms with Crippen LogP contribution in [-0.4, -0.2) is 79.7 Å². The first-order chi connectivity index (χ1) is 26.3. The first kappa shape index (κ1) is 40.6. The van der Waals surface area contributed by atoms with Gasteiger partial charge >= 0.3 is 12.2 Å². The molecule has 0 spiro atoms. The Labute approximate surface area is 323 Å². The lowest BCUT2D eigenvalue weighted by Gasteiger charge is -2.28. The normalized spacial score (nSPS) is 12.5. The zero-order chi connectivity index (χ0) is 39.9. The number of ether oxygens (including phenoxy) is 3. The summed E-state index contributed by atoms with van der Waals surface area (Å²) in [4.78, 5) is 57.0. The van der Waals surface area contributed by atoms with Gasteiger partial charge in [-0.05, 0) is 86.9 Å². The molecule has 0 saturated carbocycles. The summed E-state index contributed by atoms with van der Waals surface area (Å²) < 4.78 is 16.6. The highest BCUT2D eigenvalue weighted by Crippen LogP contribution is 2.42. The molecule has 6 rings (SSSR count). The van der Waals surface area contributed by atoms with Crippen LogP contribution >= 0.6 is 0 Å². The number of H-pyrrole nitrogens is 2. The molecule has 0 unspecified atom stereocenters. The molecule has 0 aliphatic carbocycles. The summed E-state index contributed by atoms with van der Waals surface area (Å²) in [7, 11) is 1.26. The predicted molar refractivity (Wildman–Crippen MR) is 215 cm³/mol. The summed E-state index contributed by atoms with van der Waals surface area (Å²) in [6.07, 6.45) is 3.56. The Kier molecular flexibility index (Phi) is 13.1. The summed E-state index contributed by atoms with van der Waals surface area (Å²) in [5.41, 5.74) is 6.05. The third-order valence-corrected chi connectivity index (χ3v) is 9.15. The van der Waals surface area contributed by atoms with Gasteiger partial charge < -0.3 is 39.3 Å². The van der Waals surface area contributed by atoms with Crippen molar-refractivity contribution in [1.29, 1.82) is 0 Å². The van der Waals surface area contributed by atoms with Crippen LogP contribution in [0.3, 0.4) is 0 Å². The van der Waals surface area contributed by atoms with E-state index in [4.69, 9.17) is 14.5 Å². The first-order valence-corrected chi connectivity index (χ1v) is 19.1. The number of carbonyl (C=O) groups is 3. The Bertz CT molecular complexity index is 2130. The van der Waals surface area contributed by atoms with Crippen molar-refractivity contribution in [3.63, 3.8) is 0 Å². The number of fused-ring (bicyclic) bond motifs is 6. The highest BCUT2D eigenvalue weighted by atomic mass is 16.6. The number of rotatable bonds is 11. The van der Waals surface area contributed by atoms with Crippen LogP contribution in [0.1, 0.15) is 91.9 Å². The fraction of sp³-hybridized carbons (Fsp3) is 0.452. The van der Waals surface area contributed by atoms with Crippen molar-refractivity contribution in [3.8, 4) is 28.1 Å². The number of nitrogens with one attached hydrogen (secondary N) is 3. The van der Waals surface area contributed by atoms with Crippen molar-refractivity contribution in [3.05, 3.63) is 65.9 Å². The van der Waals surface area contributed by atoms with E-state index in [9.17, 15) is 14.4 Å². The van der Waals surface area contributed by atoms with Gasteiger partial charge in [0.25, 0.3) is 0 Å². The number of aromatic amines is 2. The Morgan fingerprint density at radius 3 is 2.44 bits per heavy atom. The van der Waals surface area contributed by atoms with Crippen LogP contribution in [0.2, 0.25) is 0 Å². The smallest absolute Gasteiger partial charge is 0.410 e. The zero-order valence-electron chi connectivity index (χ0n) is 33.6. The van der Waals surface area contributed by atoms with Gasteiger partial charge in [-0.25, -0.2) is 19.6 Å². The van der Waals surface area contributed by atoms with Gasteiger partial charge in [0, 0.05) is 23.5 Å². The van der Waals surface area contributed by atoms with Crippen molar-refractivity contribution >= 4 is 39.9 Å². The summed E-state index contributed by atoms with van der Waals surface area (Å²) in [5, 5.41) is 4.46. The average molecular weight is 754 g/mol. The zero-order valence-corrected chi connectivity index (χ0v) is 33.6. The van der Waals surface area contributed by atoms with E-state index in [-0.39, 0.29) is 31.1 Å². The van der Waals surface area contributed by atoms with Gasteiger partial charge in [-0.3, -0.25) is 4.79 Å². The molecule has 13 nitrogen and oxygen atoms in total. The van der Waals surface area contributed by atoms with E-state index in [1.165, 1.54) is 13.5 Å². The molecular weight excluding hydrogens is 699 g/mol. The van der Waals surface area contributed by atoms with Crippen LogP contribution in [0.5, 0.6) is 5.75 Å². The number of methoxy groups -OCH3 is 1. The summed E-state index contributed by atoms with van der Waals surface area (Å²) in [5.74, 6) is 1.89. The molecule has 1 atom stereocenters. The third kappa shape index (κ3) is 9.75. The highest BCUT2D eigenvalue weighted by molar-refractivity contribution is 6.07. The van der Waals surface area contributed by atoms with Crippen molar-refractivity contribution in [2.24, 2.45) is 0 Å². The second-order valence-electron chi connectivity index (χ2n) is 14.9. The number of hydrogen-bond donors (Lipinski definition) is 3. The quantitative estimate of drug-likeness (QED) is 0.121. The molecule has 0 saturated heterocycles. The van der Waals surface area contributed by atoms with Crippen LogP contribution in [0.15, 0.2) is 48.7 Å². The highest BCUT2D eigenvalue weighted by Gasteiger charge is 2.25. The number of alkyl carbamates (subject to hydrolysis) is 1. The van der Waals surface area contributed by atoms with Crippen LogP contribution < -0.4 is 10.1 Å². The van der Waals surface area contributed by atoms with Gasteiger partial charge in [-0.15, -0.1) is 0 Å². The largest absolute Gasteiger partial charge is 0.488 e. The van der Waals surface area contributed by atoms with Crippen LogP contribution in [0.25, 0.3) is 44.2 Å². The standard InChI is InChI=1S/C39H47N7O6.C3H8/c1-8-14-45(38(49)52-39(4,5)6)20-34-42-30-13-11-24-16-29-27-12-10-25(15-26(27)22-51-32(29)17-28(24)36(30)44-34)31-18-40-33(43-31)21-46(23(3)9-2)35(47)19-41-37(48)50-7;1-3-2/h10-13,15-18,23H,8-9,14,19-22H2,1-7H3,(H,40,43)(H,41,48)(H,42,44);3H2,1-2H3/t23-;/m0./s1. The maximum absolute atomic E-state index is 13.0. The molecule has 0 radical (unpaired) electrons. The Balaban J connectivity index is 0.00000187. The van der Waals surface area contributed by atoms with E-state index >= 15 is 0 Å². The molecule has 3 amide bonds. The van der Waals surface area contributed by atoms with Crippen molar-refractivity contribution in [1.82, 2.24) is 35.1 Å². The maximum Gasteiger partial charge on any atom is 0.410 e. The van der Waals surface area contributed by atoms with Crippen LogP contribution in [0.4, 0.5) is 9.59 Å². The number of carbonyl (C=O) groups excluding carboxylic acids is 3. The minimum Gasteiger partial charge on any atom is -0.488 e. The van der Waals surface area contributed by atoms with E-state index in [0.717, 1.165) is 68.3 Å². The summed E-state index contributed by atoms with van der Waals surface area (Å²) in [6, 6.07) is 14.5. The molecule has 294 valence electrons. The number of hydrogen-bond acceptors (Lipinski definition) is 8. The van der Waals surface area contributed by atoms with Gasteiger partial charge in [-0.2, -0.15) is 0 Å². The molecule has 1 aliphatic rings. The third-order valence-electron chi connectivity index (χ3n) is 9.15. The van der Waals surface area contributed by atoms with Crippen LogP contribution in [-0.2, 0) is 34.0 Å². The number of imidazole rings is 2. The van der Waals surface area contributed by atoms with Gasteiger partial charge in [0.05, 0.1) is 43.1 Å². The second-order valence-corrected chi connectivity index (χ2v) is 14.9. The Hall–Kier alpha value is -5.59. The first-order valence-electron chi connectivity index (χ1n) is 19.1. The number of amides is 3. The number of nitrogens with zero attached hydrogens (tertiary/aromatic N) is 4. The van der Waals surface area contributed by atoms with Crippen LogP contribution in [0, 0.1) is 0 Å². The lowest BCUT2D eigenvalue weighted by atomic mass is 9.92. The van der Waals surface area contributed by atoms with Crippen molar-refractivity contribution < 1.29 is 28.6 Å². The molecule has 55 heavy (non-hydrogen) atoms. The van der Waals surface area contributed by atoms with E-state index in [1.54, 1.807) is 16.0 Å². The molecule has 5 aromatic rings. The average Bonchev–Trinajstić information content (AvgIpc) is 3.81. The number of benzene rings is 3. The fourth-order valence-corrected chi connectivity index (χ4v) is 6.37. The molecule has 1 aliphatic heterocycles. The Morgan fingerprint density at radius 1 is 0.982 bits per heavy atom. The maximum atomic E-state index is 13.0. The fourth-order valence-electron chi connectivity index (χ4n) is 6.37. The summed E-state index contributed by atoms with van der Waals surface area (Å²) >= 11 is 0. The Morgan fingerprint density at radius 2 is 1.75 bits per heavy atom. The minimum atomic E-state index is -0.652. The SMILES string of the molecule is CCC.CCCN(Cc1nc2c(ccc3cc4c(cc32)OCc2cc(-c3cnc(CN(C(=O)CNC(=O)OC)[C@@H](C)CC)[nH]3)ccc2-4)[nH]1)C(=O)OC(C)(C)C. The molecule has 2 aromatic heterocycles. The summed E-state index contributed by atoms with van der Waals surface area (Å²) in [6.45, 7) is 17.2. The van der Waals surface area contributed by atoms with Gasteiger partial charge in [0.1, 0.15) is 36.2 Å². The minimum absolute atomic E-state index is 0.0518. The van der Waals surface area contributed by atoms with Gasteiger partial charge in [0.2, 0.25) is 5.91 Å². The lowest BCUT2D eigenvalue weighted by molar-refractivity contribution is -0.133. The second kappa shape index (κ2) is 17.7. The number of aromatic nitrogens is 4. The van der Waals surface area contributed by atoms with E-state index < -0.39 is 11.7 Å². The molecule has 3 N–H and O–H groups in total. The van der Waals surface area contributed by atoms with Crippen molar-refractivity contribution in [2.75, 3.05) is 20.2 Å². The lowest BCUT2D eigenvalue weighted by Crippen LogP contribution is -2.44.